The molecular formula is C25H24N4O5S. The van der Waals surface area contributed by atoms with E-state index in [1.807, 2.05) is 36.4 Å². The van der Waals surface area contributed by atoms with Gasteiger partial charge in [-0.25, -0.2) is 4.79 Å². The first-order valence-electron chi connectivity index (χ1n) is 11.2. The SMILES string of the molecule is Cn1nc(C(=O)N2CCSC(C(=O)O)C2)cc1NC(=O)OCC1c2ccccc2-c2ccccc21. The van der Waals surface area contributed by atoms with Crippen LogP contribution in [0.1, 0.15) is 27.5 Å². The molecule has 1 atom stereocenters. The van der Waals surface area contributed by atoms with Crippen molar-refractivity contribution in [3.63, 3.8) is 0 Å². The Morgan fingerprint density at radius 3 is 2.43 bits per heavy atom. The van der Waals surface area contributed by atoms with Crippen LogP contribution in [-0.4, -0.2) is 68.5 Å². The Morgan fingerprint density at radius 2 is 1.77 bits per heavy atom. The van der Waals surface area contributed by atoms with Gasteiger partial charge in [-0.15, -0.1) is 11.8 Å². The van der Waals surface area contributed by atoms with Crippen LogP contribution in [0.25, 0.3) is 11.1 Å². The molecule has 2 aromatic carbocycles. The first-order chi connectivity index (χ1) is 16.9. The van der Waals surface area contributed by atoms with Gasteiger partial charge < -0.3 is 14.7 Å². The topological polar surface area (TPSA) is 114 Å². The summed E-state index contributed by atoms with van der Waals surface area (Å²) in [5.41, 5.74) is 4.67. The van der Waals surface area contributed by atoms with Crippen LogP contribution in [-0.2, 0) is 16.6 Å². The van der Waals surface area contributed by atoms with Crippen LogP contribution in [0.3, 0.4) is 0 Å². The number of anilines is 1. The molecular weight excluding hydrogens is 468 g/mol. The molecule has 0 spiro atoms. The number of ether oxygens (including phenoxy) is 1. The summed E-state index contributed by atoms with van der Waals surface area (Å²) in [6, 6.07) is 17.7. The van der Waals surface area contributed by atoms with Crippen molar-refractivity contribution in [1.82, 2.24) is 14.7 Å². The van der Waals surface area contributed by atoms with E-state index in [2.05, 4.69) is 22.5 Å². The maximum Gasteiger partial charge on any atom is 0.412 e. The number of aryl methyl sites for hydroxylation is 1. The molecule has 1 fully saturated rings. The van der Waals surface area contributed by atoms with Gasteiger partial charge in [-0.05, 0) is 22.3 Å². The highest BCUT2D eigenvalue weighted by Crippen LogP contribution is 2.44. The number of hydrogen-bond acceptors (Lipinski definition) is 6. The van der Waals surface area contributed by atoms with Gasteiger partial charge in [-0.1, -0.05) is 48.5 Å². The minimum absolute atomic E-state index is 0.0593. The van der Waals surface area contributed by atoms with Gasteiger partial charge in [0.05, 0.1) is 0 Å². The molecule has 1 aliphatic heterocycles. The van der Waals surface area contributed by atoms with Gasteiger partial charge in [0.2, 0.25) is 0 Å². The van der Waals surface area contributed by atoms with E-state index in [4.69, 9.17) is 4.74 Å². The highest BCUT2D eigenvalue weighted by molar-refractivity contribution is 8.00. The first kappa shape index (κ1) is 23.0. The van der Waals surface area contributed by atoms with Crippen molar-refractivity contribution in [2.75, 3.05) is 30.8 Å². The fourth-order valence-electron chi connectivity index (χ4n) is 4.57. The molecule has 2 amide bonds. The summed E-state index contributed by atoms with van der Waals surface area (Å²) in [4.78, 5) is 38.2. The number of aromatic nitrogens is 2. The van der Waals surface area contributed by atoms with Crippen molar-refractivity contribution < 1.29 is 24.2 Å². The lowest BCUT2D eigenvalue weighted by molar-refractivity contribution is -0.136. The van der Waals surface area contributed by atoms with Crippen LogP contribution >= 0.6 is 11.8 Å². The highest BCUT2D eigenvalue weighted by atomic mass is 32.2. The van der Waals surface area contributed by atoms with E-state index in [9.17, 15) is 19.5 Å². The van der Waals surface area contributed by atoms with E-state index < -0.39 is 17.3 Å². The molecule has 9 nitrogen and oxygen atoms in total. The van der Waals surface area contributed by atoms with Crippen LogP contribution in [0, 0.1) is 0 Å². The highest BCUT2D eigenvalue weighted by Gasteiger charge is 2.31. The summed E-state index contributed by atoms with van der Waals surface area (Å²) in [6.07, 6.45) is -0.644. The number of nitrogens with zero attached hydrogens (tertiary/aromatic N) is 3. The van der Waals surface area contributed by atoms with E-state index in [0.717, 1.165) is 22.3 Å². The lowest BCUT2D eigenvalue weighted by Gasteiger charge is -2.29. The molecule has 0 saturated carbocycles. The second-order valence-corrected chi connectivity index (χ2v) is 9.75. The Bertz CT molecular complexity index is 1260. The quantitative estimate of drug-likeness (QED) is 0.561. The predicted molar refractivity (Wildman–Crippen MR) is 132 cm³/mol. The number of amides is 2. The van der Waals surface area contributed by atoms with E-state index >= 15 is 0 Å². The summed E-state index contributed by atoms with van der Waals surface area (Å²) in [6.45, 7) is 0.731. The van der Waals surface area contributed by atoms with E-state index in [0.29, 0.717) is 18.1 Å². The molecule has 5 rings (SSSR count). The van der Waals surface area contributed by atoms with Crippen LogP contribution in [0.4, 0.5) is 10.6 Å². The van der Waals surface area contributed by atoms with E-state index in [-0.39, 0.29) is 30.7 Å². The van der Waals surface area contributed by atoms with Gasteiger partial charge in [-0.2, -0.15) is 5.10 Å². The Balaban J connectivity index is 1.24. The fraction of sp³-hybridized carbons (Fsp3) is 0.280. The summed E-state index contributed by atoms with van der Waals surface area (Å²) in [7, 11) is 1.61. The lowest BCUT2D eigenvalue weighted by atomic mass is 9.98. The summed E-state index contributed by atoms with van der Waals surface area (Å²) in [5.74, 6) is -0.512. The number of carbonyl (C=O) groups is 3. The van der Waals surface area contributed by atoms with Gasteiger partial charge in [0.25, 0.3) is 5.91 Å². The third-order valence-corrected chi connectivity index (χ3v) is 7.47. The average Bonchev–Trinajstić information content (AvgIpc) is 3.39. The molecule has 1 aliphatic carbocycles. The normalized spacial score (nSPS) is 16.9. The van der Waals surface area contributed by atoms with Crippen molar-refractivity contribution in [2.24, 2.45) is 7.05 Å². The average molecular weight is 493 g/mol. The first-order valence-corrected chi connectivity index (χ1v) is 12.3. The summed E-state index contributed by atoms with van der Waals surface area (Å²) in [5, 5.41) is 15.5. The minimum atomic E-state index is -0.939. The van der Waals surface area contributed by atoms with Gasteiger partial charge in [0.15, 0.2) is 5.69 Å². The standard InChI is InChI=1S/C25H24N4O5S/c1-28-22(12-20(27-28)23(30)29-10-11-35-21(13-29)24(31)32)26-25(33)34-14-19-17-8-4-2-6-15(17)16-7-3-5-9-18(16)19/h2-9,12,19,21H,10-11,13-14H2,1H3,(H,26,33)(H,31,32). The minimum Gasteiger partial charge on any atom is -0.480 e. The number of benzene rings is 2. The molecule has 2 heterocycles. The molecule has 180 valence electrons. The van der Waals surface area contributed by atoms with Crippen LogP contribution in [0.5, 0.6) is 0 Å². The zero-order valence-electron chi connectivity index (χ0n) is 19.0. The van der Waals surface area contributed by atoms with Crippen LogP contribution in [0.15, 0.2) is 54.6 Å². The predicted octanol–water partition coefficient (Wildman–Crippen LogP) is 3.42. The number of fused-ring (bicyclic) bond motifs is 3. The summed E-state index contributed by atoms with van der Waals surface area (Å²) < 4.78 is 6.96. The maximum absolute atomic E-state index is 12.9. The maximum atomic E-state index is 12.9. The molecule has 0 bridgehead atoms. The third-order valence-electron chi connectivity index (χ3n) is 6.30. The number of hydrogen-bond donors (Lipinski definition) is 2. The van der Waals surface area contributed by atoms with Crippen LogP contribution in [0.2, 0.25) is 0 Å². The van der Waals surface area contributed by atoms with Crippen molar-refractivity contribution in [1.29, 1.82) is 0 Å². The number of nitrogens with one attached hydrogen (secondary N) is 1. The van der Waals surface area contributed by atoms with Gasteiger partial charge in [-0.3, -0.25) is 19.6 Å². The molecule has 2 aliphatic rings. The molecule has 0 radical (unpaired) electrons. The number of rotatable bonds is 5. The monoisotopic (exact) mass is 492 g/mol. The Labute approximate surface area is 206 Å². The van der Waals surface area contributed by atoms with E-state index in [1.54, 1.807) is 7.05 Å². The van der Waals surface area contributed by atoms with Crippen LogP contribution < -0.4 is 5.32 Å². The Morgan fingerprint density at radius 1 is 1.11 bits per heavy atom. The number of aliphatic carboxylic acids is 1. The molecule has 2 N–H and O–H groups in total. The second kappa shape index (κ2) is 9.46. The van der Waals surface area contributed by atoms with Gasteiger partial charge in [0.1, 0.15) is 17.7 Å². The van der Waals surface area contributed by atoms with Gasteiger partial charge >= 0.3 is 12.1 Å². The summed E-state index contributed by atoms with van der Waals surface area (Å²) >= 11 is 1.32. The third kappa shape index (κ3) is 4.49. The van der Waals surface area contributed by atoms with Crippen molar-refractivity contribution in [3.8, 4) is 11.1 Å². The molecule has 1 saturated heterocycles. The number of thioether (sulfide) groups is 1. The molecule has 35 heavy (non-hydrogen) atoms. The molecule has 10 heteroatoms. The molecule has 1 unspecified atom stereocenters. The van der Waals surface area contributed by atoms with Crippen molar-refractivity contribution in [2.45, 2.75) is 11.2 Å². The van der Waals surface area contributed by atoms with E-state index in [1.165, 1.54) is 27.4 Å². The van der Waals surface area contributed by atoms with Crippen molar-refractivity contribution in [3.05, 3.63) is 71.4 Å². The molecule has 1 aromatic heterocycles. The fourth-order valence-corrected chi connectivity index (χ4v) is 5.61. The molecule has 3 aromatic rings. The lowest BCUT2D eigenvalue weighted by Crippen LogP contribution is -2.44. The smallest absolute Gasteiger partial charge is 0.412 e. The van der Waals surface area contributed by atoms with Gasteiger partial charge in [0, 0.05) is 37.9 Å². The number of carbonyl (C=O) groups excluding carboxylic acids is 2. The second-order valence-electron chi connectivity index (χ2n) is 8.44. The number of carboxylic acids is 1. The Hall–Kier alpha value is -3.79. The zero-order chi connectivity index (χ0) is 24.5. The zero-order valence-corrected chi connectivity index (χ0v) is 19.8. The largest absolute Gasteiger partial charge is 0.480 e. The Kier molecular flexibility index (Phi) is 6.21. The van der Waals surface area contributed by atoms with Crippen molar-refractivity contribution >= 4 is 35.5 Å². The number of carboxylic acid groups (broad SMARTS) is 1.